The minimum Gasteiger partial charge on any atom is -0.463 e. The molecule has 0 saturated heterocycles. The zero-order chi connectivity index (χ0) is 26.1. The number of nitrogens with one attached hydrogen (secondary N) is 1. The second-order valence-electron chi connectivity index (χ2n) is 14.7. The fourth-order valence-electron chi connectivity index (χ4n) is 10.3. The van der Waals surface area contributed by atoms with Gasteiger partial charge in [-0.15, -0.1) is 0 Å². The van der Waals surface area contributed by atoms with Crippen LogP contribution in [0, 0.1) is 52.3 Å². The van der Waals surface area contributed by atoms with Crippen molar-refractivity contribution in [1.82, 2.24) is 5.32 Å². The van der Waals surface area contributed by atoms with Crippen LogP contribution in [-0.2, 0) is 9.53 Å². The highest BCUT2D eigenvalue weighted by atomic mass is 16.5. The quantitative estimate of drug-likeness (QED) is 0.241. The predicted octanol–water partition coefficient (Wildman–Crippen LogP) is 8.41. The Hall–Kier alpha value is -0.570. The van der Waals surface area contributed by atoms with E-state index in [1.807, 2.05) is 0 Å². The predicted molar refractivity (Wildman–Crippen MR) is 151 cm³/mol. The number of unbranched alkanes of at least 4 members (excludes halogenated alkanes) is 1. The summed E-state index contributed by atoms with van der Waals surface area (Å²) >= 11 is 0. The molecule has 1 N–H and O–H groups in total. The van der Waals surface area contributed by atoms with Gasteiger partial charge in [-0.2, -0.15) is 0 Å². The first-order valence-electron chi connectivity index (χ1n) is 16.0. The Morgan fingerprint density at radius 3 is 2.36 bits per heavy atom. The molecular formula is C33H59NO2. The molecule has 0 bridgehead atoms. The lowest BCUT2D eigenvalue weighted by Crippen LogP contribution is -2.61. The number of carbonyl (C=O) groups is 1. The van der Waals surface area contributed by atoms with Crippen LogP contribution in [0.15, 0.2) is 0 Å². The number of hydrogen-bond acceptors (Lipinski definition) is 3. The number of rotatable bonds is 10. The van der Waals surface area contributed by atoms with Gasteiger partial charge in [0.25, 0.3) is 0 Å². The zero-order valence-corrected chi connectivity index (χ0v) is 24.9. The first-order chi connectivity index (χ1) is 17.1. The molecule has 0 aliphatic heterocycles. The van der Waals surface area contributed by atoms with Crippen LogP contribution in [0.3, 0.4) is 0 Å². The van der Waals surface area contributed by atoms with E-state index < -0.39 is 0 Å². The molecule has 0 aromatic heterocycles. The molecule has 0 aromatic carbocycles. The first-order valence-corrected chi connectivity index (χ1v) is 16.0. The maximum Gasteiger partial charge on any atom is 0.302 e. The summed E-state index contributed by atoms with van der Waals surface area (Å²) in [5, 5.41) is 4.14. The Morgan fingerprint density at radius 2 is 1.67 bits per heavy atom. The second kappa shape index (κ2) is 11.7. The molecule has 208 valence electrons. The fourth-order valence-corrected chi connectivity index (χ4v) is 10.3. The summed E-state index contributed by atoms with van der Waals surface area (Å²) in [7, 11) is 0. The highest BCUT2D eigenvalue weighted by Crippen LogP contribution is 2.68. The molecule has 0 aromatic rings. The third-order valence-electron chi connectivity index (χ3n) is 12.1. The summed E-state index contributed by atoms with van der Waals surface area (Å²) < 4.78 is 5.77. The van der Waals surface area contributed by atoms with Crippen molar-refractivity contribution in [3.8, 4) is 0 Å². The van der Waals surface area contributed by atoms with Crippen molar-refractivity contribution in [3.05, 3.63) is 0 Å². The molecule has 0 radical (unpaired) electrons. The van der Waals surface area contributed by atoms with Crippen molar-refractivity contribution < 1.29 is 9.53 Å². The highest BCUT2D eigenvalue weighted by molar-refractivity contribution is 5.66. The molecular weight excluding hydrogens is 442 g/mol. The Labute approximate surface area is 223 Å². The van der Waals surface area contributed by atoms with E-state index in [1.165, 1.54) is 77.2 Å². The van der Waals surface area contributed by atoms with Crippen molar-refractivity contribution in [2.45, 2.75) is 144 Å². The van der Waals surface area contributed by atoms with Gasteiger partial charge in [-0.3, -0.25) is 4.79 Å². The monoisotopic (exact) mass is 501 g/mol. The summed E-state index contributed by atoms with van der Waals surface area (Å²) in [6.45, 7) is 17.8. The minimum absolute atomic E-state index is 0.0946. The number of fused-ring (bicyclic) bond motifs is 5. The summed E-state index contributed by atoms with van der Waals surface area (Å²) in [6, 6.07) is 0.648. The first kappa shape index (κ1) is 28.4. The third kappa shape index (κ3) is 5.57. The molecule has 3 heteroatoms. The summed E-state index contributed by atoms with van der Waals surface area (Å²) in [5.41, 5.74) is 0.952. The molecule has 4 aliphatic carbocycles. The normalized spacial score (nSPS) is 42.9. The lowest BCUT2D eigenvalue weighted by molar-refractivity contribution is -0.164. The Balaban J connectivity index is 1.54. The molecule has 3 nitrogen and oxygen atoms in total. The van der Waals surface area contributed by atoms with Gasteiger partial charge in [-0.1, -0.05) is 67.2 Å². The van der Waals surface area contributed by atoms with Crippen LogP contribution in [-0.4, -0.2) is 24.7 Å². The lowest BCUT2D eigenvalue weighted by atomic mass is 9.43. The molecule has 4 fully saturated rings. The van der Waals surface area contributed by atoms with Gasteiger partial charge < -0.3 is 10.1 Å². The minimum atomic E-state index is -0.0946. The number of hydrogen-bond donors (Lipinski definition) is 1. The molecule has 4 aliphatic rings. The Bertz CT molecular complexity index is 735. The lowest BCUT2D eigenvalue weighted by Gasteiger charge is -2.63. The topological polar surface area (TPSA) is 38.3 Å². The zero-order valence-electron chi connectivity index (χ0n) is 24.9. The van der Waals surface area contributed by atoms with Crippen LogP contribution in [0.4, 0.5) is 0 Å². The van der Waals surface area contributed by atoms with E-state index in [4.69, 9.17) is 4.74 Å². The highest BCUT2D eigenvalue weighted by Gasteiger charge is 2.63. The van der Waals surface area contributed by atoms with Gasteiger partial charge in [0.1, 0.15) is 6.10 Å². The van der Waals surface area contributed by atoms with E-state index >= 15 is 0 Å². The standard InChI is InChI=1S/C33H59NO2/c1-8-9-19-34-30-21-25-20-26(36-24(5)35)15-17-32(25,6)29-16-18-33(7)27(13-14-28(33)31(29)30)23(4)12-10-11-22(2)3/h22-23,25-31,34H,8-21H2,1-7H3/t23-,25-,26+,27-,28+,29+,30-,31+,32+,33-/m1/s1. The van der Waals surface area contributed by atoms with E-state index in [-0.39, 0.29) is 12.1 Å². The fraction of sp³-hybridized carbons (Fsp3) is 0.970. The molecule has 0 amide bonds. The van der Waals surface area contributed by atoms with Gasteiger partial charge in [0.05, 0.1) is 0 Å². The van der Waals surface area contributed by atoms with Crippen molar-refractivity contribution >= 4 is 5.97 Å². The van der Waals surface area contributed by atoms with Crippen molar-refractivity contribution in [3.63, 3.8) is 0 Å². The molecule has 10 atom stereocenters. The van der Waals surface area contributed by atoms with Gasteiger partial charge in [-0.05, 0) is 117 Å². The number of carbonyl (C=O) groups excluding carboxylic acids is 1. The van der Waals surface area contributed by atoms with Crippen molar-refractivity contribution in [2.75, 3.05) is 6.54 Å². The summed E-state index contributed by atoms with van der Waals surface area (Å²) in [5.74, 6) is 5.76. The summed E-state index contributed by atoms with van der Waals surface area (Å²) in [4.78, 5) is 11.7. The average Bonchev–Trinajstić information content (AvgIpc) is 3.16. The Morgan fingerprint density at radius 1 is 0.944 bits per heavy atom. The second-order valence-corrected chi connectivity index (χ2v) is 14.7. The molecule has 0 heterocycles. The van der Waals surface area contributed by atoms with Crippen LogP contribution in [0.2, 0.25) is 0 Å². The van der Waals surface area contributed by atoms with Gasteiger partial charge in [0.2, 0.25) is 0 Å². The Kier molecular flexibility index (Phi) is 9.22. The van der Waals surface area contributed by atoms with Gasteiger partial charge in [0, 0.05) is 13.0 Å². The van der Waals surface area contributed by atoms with Gasteiger partial charge in [-0.25, -0.2) is 0 Å². The van der Waals surface area contributed by atoms with Crippen LogP contribution >= 0.6 is 0 Å². The molecule has 4 rings (SSSR count). The van der Waals surface area contributed by atoms with Crippen LogP contribution in [0.5, 0.6) is 0 Å². The van der Waals surface area contributed by atoms with Crippen LogP contribution < -0.4 is 5.32 Å². The van der Waals surface area contributed by atoms with Gasteiger partial charge in [0.15, 0.2) is 0 Å². The van der Waals surface area contributed by atoms with E-state index in [0.717, 1.165) is 48.3 Å². The van der Waals surface area contributed by atoms with E-state index in [9.17, 15) is 4.79 Å². The summed E-state index contributed by atoms with van der Waals surface area (Å²) in [6.07, 6.45) is 17.4. The SMILES string of the molecule is CCCCN[C@@H]1C[C@H]2C[C@@H](OC(C)=O)CC[C@]2(C)[C@H]2CC[C@]3(C)[C@@H]([C@H](C)CCCC(C)C)CC[C@H]3[C@H]12. The molecule has 36 heavy (non-hydrogen) atoms. The molecule has 4 saturated carbocycles. The average molecular weight is 502 g/mol. The van der Waals surface area contributed by atoms with Crippen molar-refractivity contribution in [2.24, 2.45) is 52.3 Å². The number of ether oxygens (including phenoxy) is 1. The van der Waals surface area contributed by atoms with Crippen LogP contribution in [0.25, 0.3) is 0 Å². The maximum atomic E-state index is 11.7. The van der Waals surface area contributed by atoms with E-state index in [0.29, 0.717) is 22.8 Å². The smallest absolute Gasteiger partial charge is 0.302 e. The van der Waals surface area contributed by atoms with Crippen molar-refractivity contribution in [1.29, 1.82) is 0 Å². The number of esters is 1. The molecule has 0 spiro atoms. The largest absolute Gasteiger partial charge is 0.463 e. The third-order valence-corrected chi connectivity index (χ3v) is 12.1. The van der Waals surface area contributed by atoms with Gasteiger partial charge >= 0.3 is 5.97 Å². The molecule has 0 unspecified atom stereocenters. The van der Waals surface area contributed by atoms with E-state index in [2.05, 4.69) is 46.9 Å². The van der Waals surface area contributed by atoms with E-state index in [1.54, 1.807) is 6.92 Å². The van der Waals surface area contributed by atoms with Crippen LogP contribution in [0.1, 0.15) is 132 Å². The maximum absolute atomic E-state index is 11.7.